The average Bonchev–Trinajstić information content (AvgIpc) is 2.61. The summed E-state index contributed by atoms with van der Waals surface area (Å²) in [6, 6.07) is 1.71. The van der Waals surface area contributed by atoms with E-state index in [0.29, 0.717) is 11.8 Å². The molecule has 0 bridgehead atoms. The number of alkyl halides is 3. The predicted octanol–water partition coefficient (Wildman–Crippen LogP) is 3.92. The number of aromatic nitrogens is 1. The van der Waals surface area contributed by atoms with E-state index in [1.165, 1.54) is 19.9 Å². The van der Waals surface area contributed by atoms with Crippen LogP contribution in [0.15, 0.2) is 11.1 Å². The van der Waals surface area contributed by atoms with Crippen molar-refractivity contribution in [2.45, 2.75) is 68.4 Å². The maximum absolute atomic E-state index is 13.2. The van der Waals surface area contributed by atoms with Crippen LogP contribution in [0.25, 0.3) is 0 Å². The van der Waals surface area contributed by atoms with Gasteiger partial charge in [0, 0.05) is 11.7 Å². The smallest absolute Gasteiger partial charge is 0.335 e. The number of hydrogen-bond acceptors (Lipinski definition) is 5. The molecule has 1 fully saturated rings. The maximum Gasteiger partial charge on any atom is 0.417 e. The first-order valence-corrected chi connectivity index (χ1v) is 9.76. The van der Waals surface area contributed by atoms with Gasteiger partial charge in [0.2, 0.25) is 5.91 Å². The molecule has 1 aromatic rings. The lowest BCUT2D eigenvalue weighted by Crippen LogP contribution is -2.47. The van der Waals surface area contributed by atoms with Crippen LogP contribution in [-0.2, 0) is 11.0 Å². The van der Waals surface area contributed by atoms with Crippen LogP contribution >= 0.6 is 11.8 Å². The molecule has 10 heteroatoms. The van der Waals surface area contributed by atoms with Gasteiger partial charge in [-0.2, -0.15) is 18.4 Å². The van der Waals surface area contributed by atoms with Gasteiger partial charge in [-0.05, 0) is 32.8 Å². The summed E-state index contributed by atoms with van der Waals surface area (Å²) in [4.78, 5) is 28.2. The lowest BCUT2D eigenvalue weighted by Gasteiger charge is -2.23. The molecule has 0 aromatic carbocycles. The molecule has 0 saturated heterocycles. The minimum Gasteiger partial charge on any atom is -0.335 e. The van der Waals surface area contributed by atoms with Gasteiger partial charge in [0.05, 0.1) is 16.4 Å². The summed E-state index contributed by atoms with van der Waals surface area (Å²) in [6.07, 6.45) is 0.150. The molecule has 0 radical (unpaired) electrons. The minimum atomic E-state index is -4.71. The highest BCUT2D eigenvalue weighted by Crippen LogP contribution is 2.36. The van der Waals surface area contributed by atoms with Crippen LogP contribution < -0.4 is 10.6 Å². The Kier molecular flexibility index (Phi) is 7.29. The quantitative estimate of drug-likeness (QED) is 0.728. The molecule has 6 nitrogen and oxygen atoms in total. The molecule has 2 rings (SSSR count). The van der Waals surface area contributed by atoms with Gasteiger partial charge >= 0.3 is 12.2 Å². The SMILES string of the molecule is Cc1cc(C(F)(F)F)c(C#N)c(SC(C)C(=O)NC(=O)NC2CCCCC2)n1. The minimum absolute atomic E-state index is 0.0162. The lowest BCUT2D eigenvalue weighted by atomic mass is 9.96. The number of carbonyl (C=O) groups excluding carboxylic acids is 2. The van der Waals surface area contributed by atoms with Gasteiger partial charge in [-0.15, -0.1) is 0 Å². The summed E-state index contributed by atoms with van der Waals surface area (Å²) in [5.41, 5.74) is -1.64. The van der Waals surface area contributed by atoms with Gasteiger partial charge in [-0.25, -0.2) is 9.78 Å². The number of imide groups is 1. The second kappa shape index (κ2) is 9.28. The third-order valence-electron chi connectivity index (χ3n) is 4.37. The Morgan fingerprint density at radius 3 is 2.54 bits per heavy atom. The Bertz CT molecular complexity index is 786. The number of nitrogens with one attached hydrogen (secondary N) is 2. The number of pyridine rings is 1. The largest absolute Gasteiger partial charge is 0.417 e. The predicted molar refractivity (Wildman–Crippen MR) is 97.6 cm³/mol. The highest BCUT2D eigenvalue weighted by Gasteiger charge is 2.36. The van der Waals surface area contributed by atoms with Crippen LogP contribution in [0.4, 0.5) is 18.0 Å². The van der Waals surface area contributed by atoms with Crippen LogP contribution in [0.3, 0.4) is 0 Å². The number of nitrogens with zero attached hydrogens (tertiary/aromatic N) is 2. The summed E-state index contributed by atoms with van der Waals surface area (Å²) < 4.78 is 39.5. The Hall–Kier alpha value is -2.28. The van der Waals surface area contributed by atoms with Gasteiger partial charge < -0.3 is 5.32 Å². The number of hydrogen-bond donors (Lipinski definition) is 2. The normalized spacial score (nSPS) is 16.1. The second-order valence-corrected chi connectivity index (χ2v) is 7.99. The van der Waals surface area contributed by atoms with Crippen molar-refractivity contribution in [3.63, 3.8) is 0 Å². The van der Waals surface area contributed by atoms with Gasteiger partial charge in [0.15, 0.2) is 0 Å². The lowest BCUT2D eigenvalue weighted by molar-refractivity contribution is -0.138. The standard InChI is InChI=1S/C18H21F3N4O2S/c1-10-8-14(18(19,20)21)13(9-22)16(23-10)28-11(2)15(26)25-17(27)24-12-6-4-3-5-7-12/h8,11-12H,3-7H2,1-2H3,(H2,24,25,26,27). The maximum atomic E-state index is 13.2. The molecule has 1 unspecified atom stereocenters. The fraction of sp³-hybridized carbons (Fsp3) is 0.556. The van der Waals surface area contributed by atoms with Crippen molar-refractivity contribution < 1.29 is 22.8 Å². The highest BCUT2D eigenvalue weighted by atomic mass is 32.2. The van der Waals surface area contributed by atoms with E-state index in [0.717, 1.165) is 38.2 Å². The zero-order valence-electron chi connectivity index (χ0n) is 15.5. The third kappa shape index (κ3) is 5.86. The number of carbonyl (C=O) groups is 2. The van der Waals surface area contributed by atoms with Crippen molar-refractivity contribution in [1.82, 2.24) is 15.6 Å². The van der Waals surface area contributed by atoms with Crippen LogP contribution in [0.1, 0.15) is 55.8 Å². The Morgan fingerprint density at radius 2 is 1.96 bits per heavy atom. The van der Waals surface area contributed by atoms with E-state index < -0.39 is 34.5 Å². The Balaban J connectivity index is 2.06. The van der Waals surface area contributed by atoms with E-state index in [1.54, 1.807) is 0 Å². The number of halogens is 3. The monoisotopic (exact) mass is 414 g/mol. The fourth-order valence-electron chi connectivity index (χ4n) is 2.96. The van der Waals surface area contributed by atoms with E-state index in [9.17, 15) is 22.8 Å². The van der Waals surface area contributed by atoms with E-state index in [4.69, 9.17) is 5.26 Å². The number of urea groups is 1. The van der Waals surface area contributed by atoms with Gasteiger partial charge in [0.1, 0.15) is 11.1 Å². The average molecular weight is 414 g/mol. The first-order chi connectivity index (χ1) is 13.1. The molecule has 0 aliphatic heterocycles. The molecule has 0 spiro atoms. The number of nitriles is 1. The summed E-state index contributed by atoms with van der Waals surface area (Å²) in [5.74, 6) is -0.668. The first kappa shape index (κ1) is 22.0. The summed E-state index contributed by atoms with van der Waals surface area (Å²) in [6.45, 7) is 2.81. The topological polar surface area (TPSA) is 94.9 Å². The Labute approximate surface area is 165 Å². The summed E-state index contributed by atoms with van der Waals surface area (Å²) >= 11 is 0.710. The third-order valence-corrected chi connectivity index (χ3v) is 5.45. The second-order valence-electron chi connectivity index (χ2n) is 6.66. The van der Waals surface area contributed by atoms with Crippen LogP contribution in [0.2, 0.25) is 0 Å². The van der Waals surface area contributed by atoms with Crippen molar-refractivity contribution in [2.24, 2.45) is 0 Å². The molecule has 1 saturated carbocycles. The molecule has 152 valence electrons. The molecule has 2 N–H and O–H groups in total. The molecule has 1 aliphatic carbocycles. The van der Waals surface area contributed by atoms with Crippen molar-refractivity contribution in [3.8, 4) is 6.07 Å². The van der Waals surface area contributed by atoms with Gasteiger partial charge in [0.25, 0.3) is 0 Å². The number of thioether (sulfide) groups is 1. The van der Waals surface area contributed by atoms with Crippen LogP contribution in [0, 0.1) is 18.3 Å². The molecule has 1 aromatic heterocycles. The molecule has 1 heterocycles. The van der Waals surface area contributed by atoms with E-state index in [-0.39, 0.29) is 16.8 Å². The van der Waals surface area contributed by atoms with E-state index in [1.807, 2.05) is 0 Å². The molecule has 1 atom stereocenters. The van der Waals surface area contributed by atoms with Crippen molar-refractivity contribution in [1.29, 1.82) is 5.26 Å². The van der Waals surface area contributed by atoms with Gasteiger partial charge in [-0.1, -0.05) is 31.0 Å². The number of aryl methyl sites for hydroxylation is 1. The molecule has 1 aliphatic rings. The molecular formula is C18H21F3N4O2S. The molecule has 28 heavy (non-hydrogen) atoms. The Morgan fingerprint density at radius 1 is 1.32 bits per heavy atom. The van der Waals surface area contributed by atoms with Crippen LogP contribution in [0.5, 0.6) is 0 Å². The fourth-order valence-corrected chi connectivity index (χ4v) is 3.94. The highest BCUT2D eigenvalue weighted by molar-refractivity contribution is 8.00. The number of amides is 3. The zero-order chi connectivity index (χ0) is 20.9. The van der Waals surface area contributed by atoms with E-state index >= 15 is 0 Å². The van der Waals surface area contributed by atoms with Crippen molar-refractivity contribution in [3.05, 3.63) is 22.9 Å². The number of rotatable bonds is 4. The van der Waals surface area contributed by atoms with Crippen molar-refractivity contribution in [2.75, 3.05) is 0 Å². The zero-order valence-corrected chi connectivity index (χ0v) is 16.3. The van der Waals surface area contributed by atoms with E-state index in [2.05, 4.69) is 15.6 Å². The summed E-state index contributed by atoms with van der Waals surface area (Å²) in [7, 11) is 0. The van der Waals surface area contributed by atoms with Gasteiger partial charge in [-0.3, -0.25) is 10.1 Å². The van der Waals surface area contributed by atoms with Crippen LogP contribution in [-0.4, -0.2) is 28.2 Å². The summed E-state index contributed by atoms with van der Waals surface area (Å²) in [5, 5.41) is 13.0. The molecule has 3 amide bonds. The van der Waals surface area contributed by atoms with Crippen molar-refractivity contribution >= 4 is 23.7 Å². The first-order valence-electron chi connectivity index (χ1n) is 8.88. The molecular weight excluding hydrogens is 393 g/mol.